The lowest BCUT2D eigenvalue weighted by Crippen LogP contribution is -2.15. The molecular formula is C7H8F3N3. The average molecular weight is 191 g/mol. The minimum Gasteiger partial charge on any atom is -0.368 e. The van der Waals surface area contributed by atoms with E-state index in [1.807, 2.05) is 0 Å². The number of hydrogen-bond donors (Lipinski definition) is 1. The predicted octanol–water partition coefficient (Wildman–Crippen LogP) is 1.84. The Morgan fingerprint density at radius 2 is 2.08 bits per heavy atom. The number of aromatic nitrogens is 2. The SMILES string of the molecule is FC(F)(F)CCNc1cnccn1. The van der Waals surface area contributed by atoms with Crippen LogP contribution in [0.25, 0.3) is 0 Å². The zero-order valence-corrected chi connectivity index (χ0v) is 6.67. The summed E-state index contributed by atoms with van der Waals surface area (Å²) < 4.78 is 35.0. The minimum absolute atomic E-state index is 0.178. The molecule has 0 unspecified atom stereocenters. The molecule has 0 saturated carbocycles. The molecule has 0 saturated heterocycles. The zero-order valence-electron chi connectivity index (χ0n) is 6.67. The van der Waals surface area contributed by atoms with Crippen LogP contribution in [0.4, 0.5) is 19.0 Å². The highest BCUT2D eigenvalue weighted by Gasteiger charge is 2.26. The molecule has 1 aromatic rings. The summed E-state index contributed by atoms with van der Waals surface area (Å²) in [6.45, 7) is -0.178. The predicted molar refractivity (Wildman–Crippen MR) is 41.2 cm³/mol. The number of alkyl halides is 3. The van der Waals surface area contributed by atoms with E-state index in [9.17, 15) is 13.2 Å². The summed E-state index contributed by atoms with van der Waals surface area (Å²) in [7, 11) is 0. The summed E-state index contributed by atoms with van der Waals surface area (Å²) in [6.07, 6.45) is -0.764. The Morgan fingerprint density at radius 3 is 2.62 bits per heavy atom. The van der Waals surface area contributed by atoms with E-state index in [1.54, 1.807) is 0 Å². The molecule has 1 heterocycles. The molecule has 0 atom stereocenters. The number of hydrogen-bond acceptors (Lipinski definition) is 3. The molecule has 0 aliphatic carbocycles. The fourth-order valence-corrected chi connectivity index (χ4v) is 0.723. The van der Waals surface area contributed by atoms with Crippen molar-refractivity contribution >= 4 is 5.82 Å². The van der Waals surface area contributed by atoms with Crippen LogP contribution in [0.2, 0.25) is 0 Å². The van der Waals surface area contributed by atoms with Gasteiger partial charge in [0.15, 0.2) is 0 Å². The first-order valence-electron chi connectivity index (χ1n) is 3.64. The van der Waals surface area contributed by atoms with Gasteiger partial charge >= 0.3 is 6.18 Å². The highest BCUT2D eigenvalue weighted by atomic mass is 19.4. The lowest BCUT2D eigenvalue weighted by atomic mass is 10.4. The van der Waals surface area contributed by atoms with Crippen LogP contribution in [-0.4, -0.2) is 22.7 Å². The maximum absolute atomic E-state index is 11.7. The Balaban J connectivity index is 2.29. The molecule has 0 aromatic carbocycles. The first-order valence-corrected chi connectivity index (χ1v) is 3.64. The zero-order chi connectivity index (χ0) is 9.73. The van der Waals surface area contributed by atoms with Gasteiger partial charge in [0.05, 0.1) is 12.6 Å². The standard InChI is InChI=1S/C7H8F3N3/c8-7(9,10)1-2-12-6-5-11-3-4-13-6/h3-5H,1-2H2,(H,12,13). The average Bonchev–Trinajstić information content (AvgIpc) is 2.04. The van der Waals surface area contributed by atoms with E-state index >= 15 is 0 Å². The van der Waals surface area contributed by atoms with E-state index in [0.717, 1.165) is 0 Å². The van der Waals surface area contributed by atoms with Crippen molar-refractivity contribution in [1.29, 1.82) is 0 Å². The molecule has 72 valence electrons. The number of nitrogens with one attached hydrogen (secondary N) is 1. The van der Waals surface area contributed by atoms with Gasteiger partial charge < -0.3 is 5.32 Å². The van der Waals surface area contributed by atoms with Gasteiger partial charge in [0.2, 0.25) is 0 Å². The van der Waals surface area contributed by atoms with Gasteiger partial charge in [-0.05, 0) is 0 Å². The van der Waals surface area contributed by atoms with Gasteiger partial charge in [0.1, 0.15) is 5.82 Å². The Hall–Kier alpha value is -1.33. The molecule has 0 aliphatic rings. The summed E-state index contributed by atoms with van der Waals surface area (Å²) in [6, 6.07) is 0. The van der Waals surface area contributed by atoms with Gasteiger partial charge in [-0.25, -0.2) is 4.98 Å². The number of halogens is 3. The number of rotatable bonds is 3. The quantitative estimate of drug-likeness (QED) is 0.792. The van der Waals surface area contributed by atoms with Crippen LogP contribution in [0.1, 0.15) is 6.42 Å². The third-order valence-corrected chi connectivity index (χ3v) is 1.28. The van der Waals surface area contributed by atoms with Crippen molar-refractivity contribution in [2.45, 2.75) is 12.6 Å². The summed E-state index contributed by atoms with van der Waals surface area (Å²) in [5.74, 6) is 0.353. The molecule has 0 fully saturated rings. The molecule has 0 bridgehead atoms. The number of anilines is 1. The molecule has 0 aliphatic heterocycles. The topological polar surface area (TPSA) is 37.8 Å². The summed E-state index contributed by atoms with van der Waals surface area (Å²) in [4.78, 5) is 7.45. The first kappa shape index (κ1) is 9.76. The highest BCUT2D eigenvalue weighted by molar-refractivity contribution is 5.29. The second kappa shape index (κ2) is 4.06. The second-order valence-electron chi connectivity index (χ2n) is 2.38. The second-order valence-corrected chi connectivity index (χ2v) is 2.38. The van der Waals surface area contributed by atoms with E-state index in [-0.39, 0.29) is 6.54 Å². The third kappa shape index (κ3) is 4.29. The van der Waals surface area contributed by atoms with Crippen molar-refractivity contribution < 1.29 is 13.2 Å². The first-order chi connectivity index (χ1) is 6.08. The summed E-state index contributed by atoms with van der Waals surface area (Å²) >= 11 is 0. The lowest BCUT2D eigenvalue weighted by Gasteiger charge is -2.07. The monoisotopic (exact) mass is 191 g/mol. The van der Waals surface area contributed by atoms with Crippen molar-refractivity contribution in [2.24, 2.45) is 0 Å². The highest BCUT2D eigenvalue weighted by Crippen LogP contribution is 2.18. The molecular weight excluding hydrogens is 183 g/mol. The van der Waals surface area contributed by atoms with Crippen LogP contribution in [0.3, 0.4) is 0 Å². The van der Waals surface area contributed by atoms with Crippen LogP contribution in [0.5, 0.6) is 0 Å². The van der Waals surface area contributed by atoms with E-state index < -0.39 is 12.6 Å². The molecule has 1 N–H and O–H groups in total. The molecule has 13 heavy (non-hydrogen) atoms. The third-order valence-electron chi connectivity index (χ3n) is 1.28. The number of nitrogens with zero attached hydrogens (tertiary/aromatic N) is 2. The van der Waals surface area contributed by atoms with Gasteiger partial charge in [-0.1, -0.05) is 0 Å². The van der Waals surface area contributed by atoms with E-state index in [2.05, 4.69) is 15.3 Å². The van der Waals surface area contributed by atoms with Crippen molar-refractivity contribution in [3.05, 3.63) is 18.6 Å². The molecule has 0 radical (unpaired) electrons. The summed E-state index contributed by atoms with van der Waals surface area (Å²) in [5, 5.41) is 2.51. The van der Waals surface area contributed by atoms with Gasteiger partial charge in [0, 0.05) is 18.9 Å². The van der Waals surface area contributed by atoms with Gasteiger partial charge in [-0.3, -0.25) is 4.98 Å². The maximum atomic E-state index is 11.7. The van der Waals surface area contributed by atoms with Crippen molar-refractivity contribution in [2.75, 3.05) is 11.9 Å². The van der Waals surface area contributed by atoms with Gasteiger partial charge in [-0.2, -0.15) is 13.2 Å². The Labute approximate surface area is 73.0 Å². The van der Waals surface area contributed by atoms with E-state index in [0.29, 0.717) is 5.82 Å². The normalized spacial score (nSPS) is 11.3. The van der Waals surface area contributed by atoms with Crippen LogP contribution >= 0.6 is 0 Å². The Morgan fingerprint density at radius 1 is 1.31 bits per heavy atom. The Bertz CT molecular complexity index is 247. The van der Waals surface area contributed by atoms with Crippen LogP contribution in [0, 0.1) is 0 Å². The van der Waals surface area contributed by atoms with Crippen molar-refractivity contribution in [1.82, 2.24) is 9.97 Å². The van der Waals surface area contributed by atoms with Crippen LogP contribution in [-0.2, 0) is 0 Å². The fraction of sp³-hybridized carbons (Fsp3) is 0.429. The molecule has 0 amide bonds. The van der Waals surface area contributed by atoms with E-state index in [4.69, 9.17) is 0 Å². The molecule has 3 nitrogen and oxygen atoms in total. The largest absolute Gasteiger partial charge is 0.390 e. The lowest BCUT2D eigenvalue weighted by molar-refractivity contribution is -0.131. The van der Waals surface area contributed by atoms with Crippen molar-refractivity contribution in [3.8, 4) is 0 Å². The maximum Gasteiger partial charge on any atom is 0.390 e. The molecule has 1 aromatic heterocycles. The van der Waals surface area contributed by atoms with Gasteiger partial charge in [-0.15, -0.1) is 0 Å². The summed E-state index contributed by atoms with van der Waals surface area (Å²) in [5.41, 5.74) is 0. The van der Waals surface area contributed by atoms with Crippen LogP contribution < -0.4 is 5.32 Å². The Kier molecular flexibility index (Phi) is 3.05. The smallest absolute Gasteiger partial charge is 0.368 e. The van der Waals surface area contributed by atoms with Crippen molar-refractivity contribution in [3.63, 3.8) is 0 Å². The van der Waals surface area contributed by atoms with Gasteiger partial charge in [0.25, 0.3) is 0 Å². The molecule has 1 rings (SSSR count). The fourth-order valence-electron chi connectivity index (χ4n) is 0.723. The molecule has 6 heteroatoms. The molecule has 0 spiro atoms. The minimum atomic E-state index is -4.13. The van der Waals surface area contributed by atoms with Crippen LogP contribution in [0.15, 0.2) is 18.6 Å². The van der Waals surface area contributed by atoms with E-state index in [1.165, 1.54) is 18.6 Å².